The molecular formula is C30H22N4O6. The SMILES string of the molecule is COC(=O)C1=C(C(=O)OC)N(c2ccccc2N2C(=O)c3ccccc3C2=O)C(N)=C(C#N)C1c1ccccc1. The zero-order chi connectivity index (χ0) is 28.6. The van der Waals surface area contributed by atoms with Gasteiger partial charge in [-0.15, -0.1) is 0 Å². The highest BCUT2D eigenvalue weighted by Crippen LogP contribution is 2.46. The van der Waals surface area contributed by atoms with Crippen LogP contribution in [0.2, 0.25) is 0 Å². The van der Waals surface area contributed by atoms with E-state index in [0.717, 1.165) is 24.0 Å². The molecule has 0 radical (unpaired) electrons. The van der Waals surface area contributed by atoms with Gasteiger partial charge < -0.3 is 15.2 Å². The van der Waals surface area contributed by atoms with E-state index in [9.17, 15) is 24.4 Å². The van der Waals surface area contributed by atoms with Crippen molar-refractivity contribution in [3.63, 3.8) is 0 Å². The van der Waals surface area contributed by atoms with E-state index in [1.165, 1.54) is 12.1 Å². The Morgan fingerprint density at radius 3 is 1.80 bits per heavy atom. The summed E-state index contributed by atoms with van der Waals surface area (Å²) in [5.41, 5.74) is 7.16. The summed E-state index contributed by atoms with van der Waals surface area (Å²) in [5.74, 6) is -4.24. The van der Waals surface area contributed by atoms with Crippen molar-refractivity contribution >= 4 is 35.1 Å². The minimum atomic E-state index is -1.06. The Labute approximate surface area is 229 Å². The molecule has 40 heavy (non-hydrogen) atoms. The van der Waals surface area contributed by atoms with Gasteiger partial charge in [-0.05, 0) is 29.8 Å². The highest BCUT2D eigenvalue weighted by atomic mass is 16.5. The Morgan fingerprint density at radius 1 is 0.775 bits per heavy atom. The molecule has 5 rings (SSSR count). The number of fused-ring (bicyclic) bond motifs is 1. The van der Waals surface area contributed by atoms with E-state index in [0.29, 0.717) is 5.56 Å². The lowest BCUT2D eigenvalue weighted by Gasteiger charge is -2.37. The van der Waals surface area contributed by atoms with Gasteiger partial charge in [0.1, 0.15) is 11.5 Å². The molecule has 2 aliphatic heterocycles. The van der Waals surface area contributed by atoms with E-state index < -0.39 is 29.7 Å². The largest absolute Gasteiger partial charge is 0.466 e. The zero-order valence-electron chi connectivity index (χ0n) is 21.5. The Hall–Kier alpha value is -5.69. The number of hydrogen-bond donors (Lipinski definition) is 1. The monoisotopic (exact) mass is 534 g/mol. The predicted molar refractivity (Wildman–Crippen MR) is 144 cm³/mol. The third-order valence-corrected chi connectivity index (χ3v) is 6.77. The van der Waals surface area contributed by atoms with Gasteiger partial charge in [0.15, 0.2) is 0 Å². The smallest absolute Gasteiger partial charge is 0.355 e. The summed E-state index contributed by atoms with van der Waals surface area (Å²) in [6.45, 7) is 0. The molecule has 0 spiro atoms. The molecule has 3 aromatic rings. The quantitative estimate of drug-likeness (QED) is 0.385. The van der Waals surface area contributed by atoms with Gasteiger partial charge in [-0.25, -0.2) is 14.5 Å². The number of anilines is 2. The van der Waals surface area contributed by atoms with Crippen molar-refractivity contribution in [2.45, 2.75) is 5.92 Å². The molecule has 0 fully saturated rings. The van der Waals surface area contributed by atoms with Crippen molar-refractivity contribution in [1.82, 2.24) is 0 Å². The summed E-state index contributed by atoms with van der Waals surface area (Å²) in [6, 6.07) is 23.3. The first-order chi connectivity index (χ1) is 19.3. The second-order valence-electron chi connectivity index (χ2n) is 8.82. The molecule has 10 heteroatoms. The fourth-order valence-electron chi connectivity index (χ4n) is 5.01. The Morgan fingerprint density at radius 2 is 1.27 bits per heavy atom. The summed E-state index contributed by atoms with van der Waals surface area (Å²) in [7, 11) is 2.28. The number of hydrogen-bond acceptors (Lipinski definition) is 9. The van der Waals surface area contributed by atoms with E-state index in [2.05, 4.69) is 6.07 Å². The Bertz CT molecular complexity index is 1650. The van der Waals surface area contributed by atoms with Crippen molar-refractivity contribution in [3.05, 3.63) is 118 Å². The number of carbonyl (C=O) groups is 4. The lowest BCUT2D eigenvalue weighted by molar-refractivity contribution is -0.139. The van der Waals surface area contributed by atoms with Gasteiger partial charge in [-0.3, -0.25) is 14.5 Å². The number of imide groups is 1. The summed E-state index contributed by atoms with van der Waals surface area (Å²) < 4.78 is 10.1. The minimum Gasteiger partial charge on any atom is -0.466 e. The van der Waals surface area contributed by atoms with Crippen LogP contribution >= 0.6 is 0 Å². The molecule has 0 saturated carbocycles. The van der Waals surface area contributed by atoms with Gasteiger partial charge >= 0.3 is 11.9 Å². The van der Waals surface area contributed by atoms with Crippen LogP contribution in [0, 0.1) is 11.3 Å². The van der Waals surface area contributed by atoms with E-state index in [1.54, 1.807) is 66.7 Å². The zero-order valence-corrected chi connectivity index (χ0v) is 21.5. The fraction of sp³-hybridized carbons (Fsp3) is 0.100. The highest BCUT2D eigenvalue weighted by Gasteiger charge is 2.45. The van der Waals surface area contributed by atoms with Crippen LogP contribution in [0.5, 0.6) is 0 Å². The Kier molecular flexibility index (Phi) is 6.63. The third kappa shape index (κ3) is 3.88. The second-order valence-corrected chi connectivity index (χ2v) is 8.82. The van der Waals surface area contributed by atoms with Gasteiger partial charge in [0.05, 0.1) is 59.9 Å². The number of benzene rings is 3. The van der Waals surface area contributed by atoms with Crippen LogP contribution in [0.4, 0.5) is 11.4 Å². The number of carbonyl (C=O) groups excluding carboxylic acids is 4. The molecular weight excluding hydrogens is 512 g/mol. The second kappa shape index (κ2) is 10.2. The van der Waals surface area contributed by atoms with Gasteiger partial charge in [-0.2, -0.15) is 5.26 Å². The van der Waals surface area contributed by atoms with Crippen molar-refractivity contribution in [2.75, 3.05) is 24.0 Å². The molecule has 0 bridgehead atoms. The summed E-state index contributed by atoms with van der Waals surface area (Å²) in [6.07, 6.45) is 0. The first-order valence-electron chi connectivity index (χ1n) is 12.1. The van der Waals surface area contributed by atoms with E-state index >= 15 is 0 Å². The number of nitrogens with zero attached hydrogens (tertiary/aromatic N) is 3. The molecule has 2 N–H and O–H groups in total. The number of nitrogens with two attached hydrogens (primary N) is 1. The minimum absolute atomic E-state index is 0.0450. The van der Waals surface area contributed by atoms with Gasteiger partial charge in [0.25, 0.3) is 11.8 Å². The summed E-state index contributed by atoms with van der Waals surface area (Å²) in [4.78, 5) is 55.6. The standard InChI is InChI=1S/C30H22N4O6/c1-39-29(37)24-23(17-10-4-3-5-11-17)20(16-31)26(32)33(25(24)30(38)40-2)21-14-8-9-15-22(21)34-27(35)18-12-6-7-13-19(18)28(34)36/h3-15,23H,32H2,1-2H3. The van der Waals surface area contributed by atoms with Crippen LogP contribution in [0.25, 0.3) is 0 Å². The van der Waals surface area contributed by atoms with Crippen LogP contribution in [0.1, 0.15) is 32.2 Å². The van der Waals surface area contributed by atoms with Crippen molar-refractivity contribution < 1.29 is 28.7 Å². The van der Waals surface area contributed by atoms with E-state index in [-0.39, 0.29) is 45.2 Å². The first kappa shape index (κ1) is 25.9. The van der Waals surface area contributed by atoms with Gasteiger partial charge in [-0.1, -0.05) is 54.6 Å². The molecule has 10 nitrogen and oxygen atoms in total. The third-order valence-electron chi connectivity index (χ3n) is 6.77. The fourth-order valence-corrected chi connectivity index (χ4v) is 5.01. The topological polar surface area (TPSA) is 143 Å². The van der Waals surface area contributed by atoms with Crippen LogP contribution in [0.3, 0.4) is 0 Å². The average molecular weight is 535 g/mol. The lowest BCUT2D eigenvalue weighted by atomic mass is 9.81. The van der Waals surface area contributed by atoms with Crippen molar-refractivity contribution in [3.8, 4) is 6.07 Å². The molecule has 3 aromatic carbocycles. The van der Waals surface area contributed by atoms with Crippen LogP contribution in [0.15, 0.2) is 102 Å². The molecule has 0 aliphatic carbocycles. The summed E-state index contributed by atoms with van der Waals surface area (Å²) >= 11 is 0. The average Bonchev–Trinajstić information content (AvgIpc) is 3.25. The normalized spacial score (nSPS) is 16.6. The predicted octanol–water partition coefficient (Wildman–Crippen LogP) is 3.38. The molecule has 0 aromatic heterocycles. The van der Waals surface area contributed by atoms with Crippen LogP contribution < -0.4 is 15.5 Å². The van der Waals surface area contributed by atoms with Crippen molar-refractivity contribution in [1.29, 1.82) is 5.26 Å². The van der Waals surface area contributed by atoms with E-state index in [1.807, 2.05) is 0 Å². The molecule has 0 saturated heterocycles. The maximum Gasteiger partial charge on any atom is 0.355 e. The molecule has 198 valence electrons. The Balaban J connectivity index is 1.80. The number of esters is 2. The number of rotatable bonds is 5. The number of para-hydroxylation sites is 2. The molecule has 1 atom stereocenters. The molecule has 2 amide bonds. The highest BCUT2D eigenvalue weighted by molar-refractivity contribution is 6.35. The maximum absolute atomic E-state index is 13.4. The number of ether oxygens (including phenoxy) is 2. The molecule has 2 heterocycles. The van der Waals surface area contributed by atoms with Crippen LogP contribution in [-0.4, -0.2) is 38.0 Å². The number of allylic oxidation sites excluding steroid dienone is 1. The molecule has 1 unspecified atom stereocenters. The summed E-state index contributed by atoms with van der Waals surface area (Å²) in [5, 5.41) is 10.3. The first-order valence-corrected chi connectivity index (χ1v) is 12.1. The van der Waals surface area contributed by atoms with E-state index in [4.69, 9.17) is 15.2 Å². The maximum atomic E-state index is 13.4. The number of amides is 2. The lowest BCUT2D eigenvalue weighted by Crippen LogP contribution is -2.42. The number of nitriles is 1. The molecule has 2 aliphatic rings. The van der Waals surface area contributed by atoms with Gasteiger partial charge in [0, 0.05) is 0 Å². The number of methoxy groups -OCH3 is 2. The van der Waals surface area contributed by atoms with Crippen LogP contribution in [-0.2, 0) is 19.1 Å². The van der Waals surface area contributed by atoms with Crippen molar-refractivity contribution in [2.24, 2.45) is 5.73 Å². The van der Waals surface area contributed by atoms with Gasteiger partial charge in [0.2, 0.25) is 0 Å².